The van der Waals surface area contributed by atoms with Gasteiger partial charge in [-0.05, 0) is 88.8 Å². The van der Waals surface area contributed by atoms with Crippen molar-refractivity contribution in [2.45, 2.75) is 137 Å². The number of aryl methyl sites for hydroxylation is 1. The number of unbranched alkanes of at least 4 members (excludes halogenated alkanes) is 7. The normalized spacial score (nSPS) is 18.6. The van der Waals surface area contributed by atoms with Crippen molar-refractivity contribution in [1.82, 2.24) is 0 Å². The lowest BCUT2D eigenvalue weighted by Crippen LogP contribution is -2.27. The van der Waals surface area contributed by atoms with E-state index >= 15 is 0 Å². The summed E-state index contributed by atoms with van der Waals surface area (Å²) in [5.41, 5.74) is 12.6. The zero-order valence-electron chi connectivity index (χ0n) is 25.0. The van der Waals surface area contributed by atoms with Crippen LogP contribution in [-0.2, 0) is 6.42 Å². The van der Waals surface area contributed by atoms with Crippen LogP contribution in [0.4, 0.5) is 0 Å². The SMILES string of the molecule is CCCCCCCCC1(CCC(C)CCCCC)C=C2c3cc(C)ccc3-c3ccc(C(C)C)c(c32)C1. The van der Waals surface area contributed by atoms with E-state index in [1.165, 1.54) is 112 Å². The number of rotatable bonds is 15. The molecule has 37 heavy (non-hydrogen) atoms. The van der Waals surface area contributed by atoms with Gasteiger partial charge in [-0.25, -0.2) is 0 Å². The second kappa shape index (κ2) is 12.8. The van der Waals surface area contributed by atoms with Gasteiger partial charge in [0.1, 0.15) is 0 Å². The molecular weight excluding hydrogens is 444 g/mol. The summed E-state index contributed by atoms with van der Waals surface area (Å²) in [5.74, 6) is 1.41. The highest BCUT2D eigenvalue weighted by Crippen LogP contribution is 2.55. The van der Waals surface area contributed by atoms with Crippen LogP contribution in [0.25, 0.3) is 16.7 Å². The van der Waals surface area contributed by atoms with Crippen LogP contribution < -0.4 is 0 Å². The first-order valence-corrected chi connectivity index (χ1v) is 15.9. The van der Waals surface area contributed by atoms with E-state index < -0.39 is 0 Å². The van der Waals surface area contributed by atoms with Crippen LogP contribution in [0, 0.1) is 18.3 Å². The minimum Gasteiger partial charge on any atom is -0.0694 e. The third kappa shape index (κ3) is 6.43. The molecule has 202 valence electrons. The van der Waals surface area contributed by atoms with Gasteiger partial charge in [0, 0.05) is 0 Å². The van der Waals surface area contributed by atoms with Crippen molar-refractivity contribution < 1.29 is 0 Å². The Morgan fingerprint density at radius 1 is 0.730 bits per heavy atom. The van der Waals surface area contributed by atoms with Crippen LogP contribution in [-0.4, -0.2) is 0 Å². The molecule has 2 atom stereocenters. The lowest BCUT2D eigenvalue weighted by molar-refractivity contribution is 0.270. The molecule has 0 spiro atoms. The van der Waals surface area contributed by atoms with Crippen LogP contribution in [0.3, 0.4) is 0 Å². The Morgan fingerprint density at radius 2 is 1.43 bits per heavy atom. The average Bonchev–Trinajstić information content (AvgIpc) is 3.18. The summed E-state index contributed by atoms with van der Waals surface area (Å²) in [6.07, 6.45) is 22.0. The van der Waals surface area contributed by atoms with Crippen LogP contribution in [0.1, 0.15) is 152 Å². The van der Waals surface area contributed by atoms with E-state index in [4.69, 9.17) is 0 Å². The Bertz CT molecular complexity index is 1070. The molecule has 0 aliphatic heterocycles. The first-order chi connectivity index (χ1) is 17.9. The first kappa shape index (κ1) is 28.2. The van der Waals surface area contributed by atoms with Gasteiger partial charge in [-0.2, -0.15) is 0 Å². The maximum Gasteiger partial charge on any atom is -0.00667 e. The topological polar surface area (TPSA) is 0 Å². The average molecular weight is 499 g/mol. The first-order valence-electron chi connectivity index (χ1n) is 15.9. The standard InChI is InChI=1S/C37H54/c1-7-9-11-12-13-15-22-37(23-21-28(5)16-14-10-8-2)25-34-30(27(3)4)19-20-32-31-18-17-29(6)24-33(31)35(26-37)36(32)34/h17-20,24,26-28H,7-16,21-23,25H2,1-6H3. The summed E-state index contributed by atoms with van der Waals surface area (Å²) in [6.45, 7) is 14.2. The van der Waals surface area contributed by atoms with E-state index in [1.54, 1.807) is 22.3 Å². The van der Waals surface area contributed by atoms with Crippen molar-refractivity contribution in [3.63, 3.8) is 0 Å². The number of allylic oxidation sites excluding steroid dienone is 1. The van der Waals surface area contributed by atoms with Crippen LogP contribution in [0.15, 0.2) is 36.4 Å². The van der Waals surface area contributed by atoms with Crippen LogP contribution in [0.5, 0.6) is 0 Å². The Kier molecular flexibility index (Phi) is 9.77. The fourth-order valence-electron chi connectivity index (χ4n) is 7.16. The van der Waals surface area contributed by atoms with Gasteiger partial charge in [-0.15, -0.1) is 0 Å². The van der Waals surface area contributed by atoms with Crippen molar-refractivity contribution in [3.05, 3.63) is 64.2 Å². The van der Waals surface area contributed by atoms with E-state index in [1.807, 2.05) is 0 Å². The summed E-state index contributed by atoms with van der Waals surface area (Å²) in [6, 6.07) is 12.1. The van der Waals surface area contributed by atoms with Crippen molar-refractivity contribution >= 4 is 5.57 Å². The van der Waals surface area contributed by atoms with E-state index in [2.05, 4.69) is 78.0 Å². The van der Waals surface area contributed by atoms with Gasteiger partial charge in [0.15, 0.2) is 0 Å². The molecule has 2 aliphatic carbocycles. The Morgan fingerprint density at radius 3 is 2.19 bits per heavy atom. The van der Waals surface area contributed by atoms with Gasteiger partial charge in [0.2, 0.25) is 0 Å². The summed E-state index contributed by atoms with van der Waals surface area (Å²) in [5, 5.41) is 0. The maximum absolute atomic E-state index is 2.80. The molecule has 0 radical (unpaired) electrons. The lowest BCUT2D eigenvalue weighted by Gasteiger charge is -2.38. The van der Waals surface area contributed by atoms with Crippen molar-refractivity contribution in [1.29, 1.82) is 0 Å². The fourth-order valence-corrected chi connectivity index (χ4v) is 7.16. The molecule has 2 unspecified atom stereocenters. The zero-order chi connectivity index (χ0) is 26.4. The predicted molar refractivity (Wildman–Crippen MR) is 164 cm³/mol. The lowest BCUT2D eigenvalue weighted by atomic mass is 9.66. The van der Waals surface area contributed by atoms with Crippen molar-refractivity contribution in [2.24, 2.45) is 11.3 Å². The van der Waals surface area contributed by atoms with Crippen LogP contribution in [0.2, 0.25) is 0 Å². The van der Waals surface area contributed by atoms with Crippen molar-refractivity contribution in [2.75, 3.05) is 0 Å². The molecule has 0 saturated carbocycles. The Balaban J connectivity index is 1.69. The quantitative estimate of drug-likeness (QED) is 0.183. The molecule has 0 nitrogen and oxygen atoms in total. The number of fused-ring (bicyclic) bond motifs is 3. The molecule has 0 saturated heterocycles. The molecule has 0 heterocycles. The molecule has 0 fully saturated rings. The monoisotopic (exact) mass is 498 g/mol. The van der Waals surface area contributed by atoms with E-state index in [-0.39, 0.29) is 0 Å². The summed E-state index contributed by atoms with van der Waals surface area (Å²) in [4.78, 5) is 0. The predicted octanol–water partition coefficient (Wildman–Crippen LogP) is 11.8. The number of hydrogen-bond acceptors (Lipinski definition) is 0. The van der Waals surface area contributed by atoms with Crippen LogP contribution >= 0.6 is 0 Å². The molecule has 0 bridgehead atoms. The second-order valence-corrected chi connectivity index (χ2v) is 13.0. The van der Waals surface area contributed by atoms with E-state index in [0.717, 1.165) is 5.92 Å². The molecule has 0 heteroatoms. The third-order valence-corrected chi connectivity index (χ3v) is 9.44. The minimum atomic E-state index is 0.305. The summed E-state index contributed by atoms with van der Waals surface area (Å²) in [7, 11) is 0. The minimum absolute atomic E-state index is 0.305. The van der Waals surface area contributed by atoms with Gasteiger partial charge in [-0.1, -0.05) is 141 Å². The summed E-state index contributed by atoms with van der Waals surface area (Å²) < 4.78 is 0. The van der Waals surface area contributed by atoms with Crippen molar-refractivity contribution in [3.8, 4) is 11.1 Å². The zero-order valence-corrected chi connectivity index (χ0v) is 25.0. The maximum atomic E-state index is 2.80. The molecule has 2 aromatic carbocycles. The summed E-state index contributed by atoms with van der Waals surface area (Å²) >= 11 is 0. The van der Waals surface area contributed by atoms with E-state index in [0.29, 0.717) is 11.3 Å². The molecule has 2 aromatic rings. The number of hydrogen-bond donors (Lipinski definition) is 0. The second-order valence-electron chi connectivity index (χ2n) is 13.0. The fraction of sp³-hybridized carbons (Fsp3) is 0.622. The number of benzene rings is 2. The highest BCUT2D eigenvalue weighted by atomic mass is 14.4. The Labute approximate surface area is 229 Å². The Hall–Kier alpha value is -1.82. The van der Waals surface area contributed by atoms with Gasteiger partial charge in [-0.3, -0.25) is 0 Å². The largest absolute Gasteiger partial charge is 0.0694 e. The molecule has 4 rings (SSSR count). The third-order valence-electron chi connectivity index (χ3n) is 9.44. The van der Waals surface area contributed by atoms with E-state index in [9.17, 15) is 0 Å². The van der Waals surface area contributed by atoms with Gasteiger partial charge in [0.25, 0.3) is 0 Å². The molecule has 0 N–H and O–H groups in total. The highest BCUT2D eigenvalue weighted by molar-refractivity contribution is 6.03. The van der Waals surface area contributed by atoms with Gasteiger partial charge in [0.05, 0.1) is 0 Å². The molecule has 2 aliphatic rings. The van der Waals surface area contributed by atoms with Gasteiger partial charge >= 0.3 is 0 Å². The molecule has 0 aromatic heterocycles. The molecular formula is C37H54. The molecule has 0 amide bonds. The highest BCUT2D eigenvalue weighted by Gasteiger charge is 2.39. The smallest absolute Gasteiger partial charge is 0.00667 e. The van der Waals surface area contributed by atoms with Gasteiger partial charge < -0.3 is 0 Å².